The molecule has 32 heavy (non-hydrogen) atoms. The number of rotatable bonds is 6. The van der Waals surface area contributed by atoms with Crippen LogP contribution in [-0.4, -0.2) is 27.1 Å². The molecular weight excluding hydrogens is 417 g/mol. The molecule has 4 aromatic rings. The summed E-state index contributed by atoms with van der Waals surface area (Å²) in [5, 5.41) is 4.08. The summed E-state index contributed by atoms with van der Waals surface area (Å²) in [6.07, 6.45) is 2.82. The lowest BCUT2D eigenvalue weighted by atomic mass is 10.1. The SMILES string of the molecule is NCc1ccc(-c2ncnn3cc(C#CC(F)(F)COCc4ccccc4)cc23)cc1F. The van der Waals surface area contributed by atoms with Crippen LogP contribution in [0.4, 0.5) is 13.2 Å². The minimum atomic E-state index is -3.32. The van der Waals surface area contributed by atoms with Crippen LogP contribution in [0.3, 0.4) is 0 Å². The van der Waals surface area contributed by atoms with E-state index in [0.29, 0.717) is 27.9 Å². The second kappa shape index (κ2) is 9.22. The van der Waals surface area contributed by atoms with E-state index in [4.69, 9.17) is 10.5 Å². The summed E-state index contributed by atoms with van der Waals surface area (Å²) in [7, 11) is 0. The number of alkyl halides is 2. The maximum Gasteiger partial charge on any atom is 0.331 e. The summed E-state index contributed by atoms with van der Waals surface area (Å²) in [6, 6.07) is 15.3. The number of nitrogens with zero attached hydrogens (tertiary/aromatic N) is 3. The van der Waals surface area contributed by atoms with Gasteiger partial charge in [0.25, 0.3) is 0 Å². The molecule has 0 saturated heterocycles. The standard InChI is InChI=1S/C24H19F3N4O/c25-21-11-19(6-7-20(21)12-28)23-22-10-18(13-31(22)30-16-29-23)8-9-24(26,27)15-32-14-17-4-2-1-3-5-17/h1-7,10-11,13,16H,12,14-15,28H2. The fourth-order valence-electron chi connectivity index (χ4n) is 3.15. The molecule has 5 nitrogen and oxygen atoms in total. The minimum absolute atomic E-state index is 0.0761. The largest absolute Gasteiger partial charge is 0.369 e. The second-order valence-electron chi connectivity index (χ2n) is 7.11. The van der Waals surface area contributed by atoms with E-state index in [0.717, 1.165) is 5.56 Å². The van der Waals surface area contributed by atoms with E-state index >= 15 is 0 Å². The zero-order valence-corrected chi connectivity index (χ0v) is 16.9. The predicted octanol–water partition coefficient (Wildman–Crippen LogP) is 4.20. The molecule has 0 fully saturated rings. The third-order valence-corrected chi connectivity index (χ3v) is 4.74. The molecule has 0 saturated carbocycles. The van der Waals surface area contributed by atoms with Gasteiger partial charge in [0, 0.05) is 29.4 Å². The van der Waals surface area contributed by atoms with Gasteiger partial charge in [0.1, 0.15) is 18.8 Å². The van der Waals surface area contributed by atoms with Crippen molar-refractivity contribution >= 4 is 5.52 Å². The number of hydrogen-bond donors (Lipinski definition) is 1. The third-order valence-electron chi connectivity index (χ3n) is 4.74. The van der Waals surface area contributed by atoms with Crippen molar-refractivity contribution in [1.29, 1.82) is 0 Å². The maximum absolute atomic E-state index is 14.2. The summed E-state index contributed by atoms with van der Waals surface area (Å²) in [5.74, 6) is 0.672. The van der Waals surface area contributed by atoms with Gasteiger partial charge in [0.15, 0.2) is 0 Å². The van der Waals surface area contributed by atoms with Gasteiger partial charge in [-0.05, 0) is 23.6 Å². The van der Waals surface area contributed by atoms with E-state index < -0.39 is 18.3 Å². The summed E-state index contributed by atoms with van der Waals surface area (Å²) in [6.45, 7) is -0.661. The van der Waals surface area contributed by atoms with Gasteiger partial charge in [-0.1, -0.05) is 48.4 Å². The zero-order valence-electron chi connectivity index (χ0n) is 16.9. The monoisotopic (exact) mass is 436 g/mol. The highest BCUT2D eigenvalue weighted by Gasteiger charge is 2.26. The number of ether oxygens (including phenoxy) is 1. The molecule has 0 bridgehead atoms. The molecule has 0 atom stereocenters. The molecule has 8 heteroatoms. The molecule has 0 amide bonds. The highest BCUT2D eigenvalue weighted by molar-refractivity contribution is 5.77. The van der Waals surface area contributed by atoms with Gasteiger partial charge in [0.05, 0.1) is 17.8 Å². The Morgan fingerprint density at radius 3 is 2.66 bits per heavy atom. The van der Waals surface area contributed by atoms with E-state index in [-0.39, 0.29) is 13.2 Å². The first-order valence-electron chi connectivity index (χ1n) is 9.80. The van der Waals surface area contributed by atoms with Gasteiger partial charge in [-0.15, -0.1) is 0 Å². The van der Waals surface area contributed by atoms with Gasteiger partial charge in [0.2, 0.25) is 0 Å². The lowest BCUT2D eigenvalue weighted by Gasteiger charge is -2.10. The van der Waals surface area contributed by atoms with Crippen LogP contribution in [0.2, 0.25) is 0 Å². The van der Waals surface area contributed by atoms with E-state index in [2.05, 4.69) is 16.0 Å². The van der Waals surface area contributed by atoms with Gasteiger partial charge < -0.3 is 10.5 Å². The number of hydrogen-bond acceptors (Lipinski definition) is 4. The number of nitrogens with two attached hydrogens (primary N) is 1. The zero-order chi connectivity index (χ0) is 22.6. The van der Waals surface area contributed by atoms with Crippen molar-refractivity contribution in [3.8, 4) is 23.1 Å². The molecule has 0 aliphatic carbocycles. The number of aromatic nitrogens is 3. The summed E-state index contributed by atoms with van der Waals surface area (Å²) < 4.78 is 49.0. The summed E-state index contributed by atoms with van der Waals surface area (Å²) in [4.78, 5) is 4.22. The molecule has 2 heterocycles. The Balaban J connectivity index is 1.53. The van der Waals surface area contributed by atoms with Crippen LogP contribution in [0.5, 0.6) is 0 Å². The molecule has 2 aromatic heterocycles. The number of benzene rings is 2. The van der Waals surface area contributed by atoms with Crippen LogP contribution in [-0.2, 0) is 17.9 Å². The lowest BCUT2D eigenvalue weighted by molar-refractivity contribution is -0.0385. The van der Waals surface area contributed by atoms with Crippen molar-refractivity contribution in [3.63, 3.8) is 0 Å². The molecule has 0 radical (unpaired) electrons. The first-order chi connectivity index (χ1) is 15.4. The van der Waals surface area contributed by atoms with Crippen LogP contribution in [0.1, 0.15) is 16.7 Å². The van der Waals surface area contributed by atoms with E-state index in [1.807, 2.05) is 24.1 Å². The normalized spacial score (nSPS) is 11.4. The fraction of sp³-hybridized carbons (Fsp3) is 0.167. The second-order valence-corrected chi connectivity index (χ2v) is 7.11. The van der Waals surface area contributed by atoms with Crippen molar-refractivity contribution < 1.29 is 17.9 Å². The van der Waals surface area contributed by atoms with Gasteiger partial charge in [-0.3, -0.25) is 0 Å². The molecule has 0 spiro atoms. The van der Waals surface area contributed by atoms with Crippen LogP contribution in [0, 0.1) is 17.7 Å². The highest BCUT2D eigenvalue weighted by atomic mass is 19.3. The summed E-state index contributed by atoms with van der Waals surface area (Å²) >= 11 is 0. The van der Waals surface area contributed by atoms with Crippen LogP contribution >= 0.6 is 0 Å². The Bertz CT molecular complexity index is 1290. The average molecular weight is 436 g/mol. The number of halogens is 3. The van der Waals surface area contributed by atoms with Crippen molar-refractivity contribution in [2.24, 2.45) is 5.73 Å². The van der Waals surface area contributed by atoms with E-state index in [1.165, 1.54) is 23.1 Å². The maximum atomic E-state index is 14.2. The average Bonchev–Trinajstić information content (AvgIpc) is 3.22. The Morgan fingerprint density at radius 1 is 1.09 bits per heavy atom. The highest BCUT2D eigenvalue weighted by Crippen LogP contribution is 2.25. The van der Waals surface area contributed by atoms with Crippen LogP contribution in [0.25, 0.3) is 16.8 Å². The lowest BCUT2D eigenvalue weighted by Crippen LogP contribution is -2.21. The molecule has 2 N–H and O–H groups in total. The quantitative estimate of drug-likeness (QED) is 0.460. The Hall–Kier alpha value is -3.67. The first-order valence-corrected chi connectivity index (χ1v) is 9.80. The van der Waals surface area contributed by atoms with Crippen LogP contribution in [0.15, 0.2) is 67.1 Å². The molecule has 0 aliphatic heterocycles. The predicted molar refractivity (Wildman–Crippen MR) is 114 cm³/mol. The van der Waals surface area contributed by atoms with E-state index in [9.17, 15) is 13.2 Å². The van der Waals surface area contributed by atoms with Gasteiger partial charge in [-0.25, -0.2) is 13.9 Å². The third kappa shape index (κ3) is 4.97. The molecule has 2 aromatic carbocycles. The van der Waals surface area contributed by atoms with Crippen molar-refractivity contribution in [2.75, 3.05) is 6.61 Å². The Labute approximate surface area is 182 Å². The van der Waals surface area contributed by atoms with Crippen molar-refractivity contribution in [3.05, 3.63) is 89.6 Å². The first kappa shape index (κ1) is 21.6. The molecular formula is C24H19F3N4O. The van der Waals surface area contributed by atoms with Crippen LogP contribution < -0.4 is 5.73 Å². The van der Waals surface area contributed by atoms with Gasteiger partial charge >= 0.3 is 5.92 Å². The molecule has 4 rings (SSSR count). The molecule has 0 unspecified atom stereocenters. The molecule has 0 aliphatic rings. The van der Waals surface area contributed by atoms with Crippen molar-refractivity contribution in [2.45, 2.75) is 19.1 Å². The Morgan fingerprint density at radius 2 is 1.91 bits per heavy atom. The van der Waals surface area contributed by atoms with Gasteiger partial charge in [-0.2, -0.15) is 13.9 Å². The molecule has 162 valence electrons. The van der Waals surface area contributed by atoms with Crippen molar-refractivity contribution in [1.82, 2.24) is 14.6 Å². The Kier molecular flexibility index (Phi) is 6.21. The topological polar surface area (TPSA) is 65.4 Å². The van der Waals surface area contributed by atoms with E-state index in [1.54, 1.807) is 30.3 Å². The minimum Gasteiger partial charge on any atom is -0.369 e. The summed E-state index contributed by atoms with van der Waals surface area (Å²) in [5.41, 5.74) is 8.51. The number of fused-ring (bicyclic) bond motifs is 1. The fourth-order valence-corrected chi connectivity index (χ4v) is 3.15. The smallest absolute Gasteiger partial charge is 0.331 e.